The minimum absolute atomic E-state index is 0.100. The summed E-state index contributed by atoms with van der Waals surface area (Å²) < 4.78 is 5.23. The quantitative estimate of drug-likeness (QED) is 0.933. The Labute approximate surface area is 124 Å². The van der Waals surface area contributed by atoms with Gasteiger partial charge in [-0.2, -0.15) is 0 Å². The molecule has 0 bridgehead atoms. The van der Waals surface area contributed by atoms with Gasteiger partial charge < -0.3 is 14.7 Å². The number of nitrogens with zero attached hydrogens (tertiary/aromatic N) is 1. The molecule has 110 valence electrons. The van der Waals surface area contributed by atoms with Crippen molar-refractivity contribution in [2.75, 3.05) is 20.2 Å². The SMILES string of the molecule is COc1cccc(Cl)c1C(=O)N1CCC(C(C)O)CC1. The number of rotatable bonds is 3. The third-order valence-electron chi connectivity index (χ3n) is 3.92. The number of likely N-dealkylation sites (tertiary alicyclic amines) is 1. The number of aliphatic hydroxyl groups excluding tert-OH is 1. The Bertz CT molecular complexity index is 482. The van der Waals surface area contributed by atoms with Gasteiger partial charge in [0.15, 0.2) is 0 Å². The fourth-order valence-corrected chi connectivity index (χ4v) is 2.87. The van der Waals surface area contributed by atoms with Crippen molar-refractivity contribution in [2.24, 2.45) is 5.92 Å². The highest BCUT2D eigenvalue weighted by Crippen LogP contribution is 2.29. The molecule has 1 N–H and O–H groups in total. The van der Waals surface area contributed by atoms with Crippen LogP contribution in [-0.2, 0) is 0 Å². The van der Waals surface area contributed by atoms with Gasteiger partial charge in [0.2, 0.25) is 0 Å². The Hall–Kier alpha value is -1.26. The number of amides is 1. The number of carbonyl (C=O) groups excluding carboxylic acids is 1. The molecule has 0 radical (unpaired) electrons. The standard InChI is InChI=1S/C15H20ClNO3/c1-10(18)11-6-8-17(9-7-11)15(19)14-12(16)4-3-5-13(14)20-2/h3-5,10-11,18H,6-9H2,1-2H3. The number of halogens is 1. The molecule has 1 amide bonds. The first-order valence-corrected chi connectivity index (χ1v) is 7.22. The number of methoxy groups -OCH3 is 1. The normalized spacial score (nSPS) is 17.9. The minimum atomic E-state index is -0.317. The number of hydrogen-bond acceptors (Lipinski definition) is 3. The lowest BCUT2D eigenvalue weighted by Gasteiger charge is -2.33. The van der Waals surface area contributed by atoms with Gasteiger partial charge in [-0.25, -0.2) is 0 Å². The third kappa shape index (κ3) is 3.07. The van der Waals surface area contributed by atoms with Gasteiger partial charge in [-0.15, -0.1) is 0 Å². The lowest BCUT2D eigenvalue weighted by molar-refractivity contribution is 0.0519. The van der Waals surface area contributed by atoms with Crippen molar-refractivity contribution in [3.63, 3.8) is 0 Å². The smallest absolute Gasteiger partial charge is 0.259 e. The number of benzene rings is 1. The van der Waals surface area contributed by atoms with E-state index in [-0.39, 0.29) is 17.9 Å². The maximum absolute atomic E-state index is 12.6. The Kier molecular flexibility index (Phi) is 4.89. The molecule has 0 aliphatic carbocycles. The molecule has 1 saturated heterocycles. The van der Waals surface area contributed by atoms with Crippen LogP contribution >= 0.6 is 11.6 Å². The molecule has 0 aromatic heterocycles. The van der Waals surface area contributed by atoms with Crippen LogP contribution in [0.2, 0.25) is 5.02 Å². The highest BCUT2D eigenvalue weighted by Gasteiger charge is 2.28. The second kappa shape index (κ2) is 6.46. The maximum atomic E-state index is 12.6. The van der Waals surface area contributed by atoms with Crippen LogP contribution in [-0.4, -0.2) is 42.2 Å². The average Bonchev–Trinajstić information content (AvgIpc) is 2.46. The first-order valence-electron chi connectivity index (χ1n) is 6.84. The van der Waals surface area contributed by atoms with Gasteiger partial charge >= 0.3 is 0 Å². The van der Waals surface area contributed by atoms with Crippen LogP contribution in [0.25, 0.3) is 0 Å². The van der Waals surface area contributed by atoms with Crippen LogP contribution in [0.1, 0.15) is 30.1 Å². The summed E-state index contributed by atoms with van der Waals surface area (Å²) in [6.45, 7) is 3.09. The predicted octanol–water partition coefficient (Wildman–Crippen LogP) is 2.58. The van der Waals surface area contributed by atoms with E-state index in [1.807, 2.05) is 0 Å². The lowest BCUT2D eigenvalue weighted by atomic mass is 9.92. The number of aliphatic hydroxyl groups is 1. The monoisotopic (exact) mass is 297 g/mol. The van der Waals surface area contributed by atoms with Crippen LogP contribution in [0.15, 0.2) is 18.2 Å². The fraction of sp³-hybridized carbons (Fsp3) is 0.533. The number of hydrogen-bond donors (Lipinski definition) is 1. The maximum Gasteiger partial charge on any atom is 0.259 e. The molecule has 2 rings (SSSR count). The van der Waals surface area contributed by atoms with Crippen LogP contribution in [0.5, 0.6) is 5.75 Å². The molecule has 20 heavy (non-hydrogen) atoms. The van der Waals surface area contributed by atoms with E-state index in [2.05, 4.69) is 0 Å². The van der Waals surface area contributed by atoms with Crippen LogP contribution in [0.3, 0.4) is 0 Å². The van der Waals surface area contributed by atoms with Gasteiger partial charge in [0.05, 0.1) is 18.2 Å². The average molecular weight is 298 g/mol. The van der Waals surface area contributed by atoms with Crippen molar-refractivity contribution in [3.8, 4) is 5.75 Å². The lowest BCUT2D eigenvalue weighted by Crippen LogP contribution is -2.41. The predicted molar refractivity (Wildman–Crippen MR) is 78.3 cm³/mol. The van der Waals surface area contributed by atoms with Crippen LogP contribution in [0.4, 0.5) is 0 Å². The summed E-state index contributed by atoms with van der Waals surface area (Å²) >= 11 is 6.13. The second-order valence-electron chi connectivity index (χ2n) is 5.19. The van der Waals surface area contributed by atoms with Crippen molar-refractivity contribution in [3.05, 3.63) is 28.8 Å². The molecule has 1 aliphatic heterocycles. The third-order valence-corrected chi connectivity index (χ3v) is 4.23. The zero-order chi connectivity index (χ0) is 14.7. The molecular formula is C15H20ClNO3. The molecule has 1 aliphatic rings. The Morgan fingerprint density at radius 1 is 1.45 bits per heavy atom. The van der Waals surface area contributed by atoms with E-state index < -0.39 is 0 Å². The molecule has 1 aromatic rings. The largest absolute Gasteiger partial charge is 0.496 e. The Morgan fingerprint density at radius 3 is 2.65 bits per heavy atom. The number of ether oxygens (including phenoxy) is 1. The molecule has 5 heteroatoms. The molecular weight excluding hydrogens is 278 g/mol. The molecule has 0 spiro atoms. The van der Waals surface area contributed by atoms with Crippen LogP contribution in [0, 0.1) is 5.92 Å². The van der Waals surface area contributed by atoms with E-state index in [9.17, 15) is 9.90 Å². The van der Waals surface area contributed by atoms with Crippen molar-refractivity contribution >= 4 is 17.5 Å². The molecule has 4 nitrogen and oxygen atoms in total. The topological polar surface area (TPSA) is 49.8 Å². The summed E-state index contributed by atoms with van der Waals surface area (Å²) in [4.78, 5) is 14.4. The molecule has 1 unspecified atom stereocenters. The van der Waals surface area contributed by atoms with Gasteiger partial charge in [0.1, 0.15) is 11.3 Å². The van der Waals surface area contributed by atoms with Gasteiger partial charge in [0.25, 0.3) is 5.91 Å². The second-order valence-corrected chi connectivity index (χ2v) is 5.59. The van der Waals surface area contributed by atoms with E-state index in [4.69, 9.17) is 16.3 Å². The zero-order valence-electron chi connectivity index (χ0n) is 11.8. The molecule has 1 fully saturated rings. The molecule has 0 saturated carbocycles. The van der Waals surface area contributed by atoms with Crippen LogP contribution < -0.4 is 4.74 Å². The number of piperidine rings is 1. The van der Waals surface area contributed by atoms with Gasteiger partial charge in [0, 0.05) is 13.1 Å². The van der Waals surface area contributed by atoms with Gasteiger partial charge in [-0.3, -0.25) is 4.79 Å². The highest BCUT2D eigenvalue weighted by molar-refractivity contribution is 6.34. The Morgan fingerprint density at radius 2 is 2.10 bits per heavy atom. The van der Waals surface area contributed by atoms with Crippen molar-refractivity contribution in [1.82, 2.24) is 4.90 Å². The molecule has 1 heterocycles. The number of carbonyl (C=O) groups is 1. The Balaban J connectivity index is 2.13. The molecule has 1 aromatic carbocycles. The van der Waals surface area contributed by atoms with Crippen molar-refractivity contribution < 1.29 is 14.6 Å². The van der Waals surface area contributed by atoms with Crippen molar-refractivity contribution in [2.45, 2.75) is 25.9 Å². The summed E-state index contributed by atoms with van der Waals surface area (Å²) in [5.74, 6) is 0.670. The minimum Gasteiger partial charge on any atom is -0.496 e. The zero-order valence-corrected chi connectivity index (χ0v) is 12.6. The van der Waals surface area contributed by atoms with E-state index in [0.29, 0.717) is 29.4 Å². The van der Waals surface area contributed by atoms with Gasteiger partial charge in [-0.05, 0) is 37.8 Å². The summed E-state index contributed by atoms with van der Waals surface area (Å²) in [5, 5.41) is 10.0. The summed E-state index contributed by atoms with van der Waals surface area (Å²) in [5.41, 5.74) is 0.423. The highest BCUT2D eigenvalue weighted by atomic mass is 35.5. The first-order chi connectivity index (χ1) is 9.54. The van der Waals surface area contributed by atoms with E-state index >= 15 is 0 Å². The first kappa shape index (κ1) is 15.1. The van der Waals surface area contributed by atoms with E-state index in [1.165, 1.54) is 7.11 Å². The summed E-state index contributed by atoms with van der Waals surface area (Å²) in [6, 6.07) is 5.19. The molecule has 1 atom stereocenters. The summed E-state index contributed by atoms with van der Waals surface area (Å²) in [7, 11) is 1.53. The van der Waals surface area contributed by atoms with Crippen molar-refractivity contribution in [1.29, 1.82) is 0 Å². The summed E-state index contributed by atoms with van der Waals surface area (Å²) in [6.07, 6.45) is 1.31. The van der Waals surface area contributed by atoms with E-state index in [1.54, 1.807) is 30.0 Å². The fourth-order valence-electron chi connectivity index (χ4n) is 2.63. The van der Waals surface area contributed by atoms with Gasteiger partial charge in [-0.1, -0.05) is 17.7 Å². The van der Waals surface area contributed by atoms with E-state index in [0.717, 1.165) is 12.8 Å².